The van der Waals surface area contributed by atoms with E-state index in [1.165, 1.54) is 5.56 Å². The lowest BCUT2D eigenvalue weighted by Gasteiger charge is -2.12. The van der Waals surface area contributed by atoms with Crippen molar-refractivity contribution in [2.75, 3.05) is 5.73 Å². The number of aromatic nitrogens is 4. The van der Waals surface area contributed by atoms with Crippen molar-refractivity contribution >= 4 is 17.0 Å². The van der Waals surface area contributed by atoms with Crippen LogP contribution in [0.15, 0.2) is 18.3 Å². The van der Waals surface area contributed by atoms with Crippen LogP contribution in [0, 0.1) is 20.8 Å². The molecule has 2 heterocycles. The molecule has 0 unspecified atom stereocenters. The van der Waals surface area contributed by atoms with Crippen LogP contribution in [0.3, 0.4) is 0 Å². The van der Waals surface area contributed by atoms with Gasteiger partial charge in [-0.25, -0.2) is 0 Å². The standard InChI is InChI=1S/C14H15N5O/c1-7-4-8(2)9(3)11(5-7)20-13-10-6-16-19-12(10)17-14(15)18-13/h4-6H,1-3H3,(H3,15,16,17,18,19). The highest BCUT2D eigenvalue weighted by Crippen LogP contribution is 2.31. The Morgan fingerprint density at radius 2 is 1.95 bits per heavy atom. The number of aromatic amines is 1. The number of fused-ring (bicyclic) bond motifs is 1. The average molecular weight is 269 g/mol. The molecular formula is C14H15N5O. The maximum absolute atomic E-state index is 5.93. The minimum atomic E-state index is 0.152. The van der Waals surface area contributed by atoms with Crippen molar-refractivity contribution in [2.45, 2.75) is 20.8 Å². The van der Waals surface area contributed by atoms with E-state index in [1.54, 1.807) is 6.20 Å². The van der Waals surface area contributed by atoms with Gasteiger partial charge in [-0.1, -0.05) is 6.07 Å². The first-order valence-electron chi connectivity index (χ1n) is 6.27. The summed E-state index contributed by atoms with van der Waals surface area (Å²) < 4.78 is 5.93. The van der Waals surface area contributed by atoms with Gasteiger partial charge < -0.3 is 10.5 Å². The van der Waals surface area contributed by atoms with Crippen LogP contribution < -0.4 is 10.5 Å². The molecular weight excluding hydrogens is 254 g/mol. The lowest BCUT2D eigenvalue weighted by atomic mass is 10.1. The molecule has 3 aromatic rings. The maximum Gasteiger partial charge on any atom is 0.235 e. The second kappa shape index (κ2) is 4.48. The molecule has 0 amide bonds. The SMILES string of the molecule is Cc1cc(C)c(C)c(Oc2nc(N)nc3[nH]ncc23)c1. The lowest BCUT2D eigenvalue weighted by molar-refractivity contribution is 0.465. The molecule has 3 N–H and O–H groups in total. The Labute approximate surface area is 116 Å². The molecule has 6 heteroatoms. The second-order valence-corrected chi connectivity index (χ2v) is 4.83. The Hall–Kier alpha value is -2.63. The number of benzene rings is 1. The van der Waals surface area contributed by atoms with Crippen molar-refractivity contribution in [1.82, 2.24) is 20.2 Å². The summed E-state index contributed by atoms with van der Waals surface area (Å²) in [5, 5.41) is 7.41. The van der Waals surface area contributed by atoms with E-state index in [9.17, 15) is 0 Å². The number of nitrogens with two attached hydrogens (primary N) is 1. The number of ether oxygens (including phenoxy) is 1. The summed E-state index contributed by atoms with van der Waals surface area (Å²) in [5.41, 5.74) is 9.63. The third kappa shape index (κ3) is 2.05. The Morgan fingerprint density at radius 3 is 2.75 bits per heavy atom. The van der Waals surface area contributed by atoms with Gasteiger partial charge in [0, 0.05) is 0 Å². The summed E-state index contributed by atoms with van der Waals surface area (Å²) >= 11 is 0. The summed E-state index contributed by atoms with van der Waals surface area (Å²) in [6, 6.07) is 4.09. The molecule has 0 spiro atoms. The molecule has 20 heavy (non-hydrogen) atoms. The summed E-state index contributed by atoms with van der Waals surface area (Å²) in [5.74, 6) is 1.33. The molecule has 0 radical (unpaired) electrons. The van der Waals surface area contributed by atoms with E-state index in [-0.39, 0.29) is 5.95 Å². The molecule has 0 saturated heterocycles. The number of nitrogens with zero attached hydrogens (tertiary/aromatic N) is 3. The van der Waals surface area contributed by atoms with Crippen molar-refractivity contribution in [2.24, 2.45) is 0 Å². The van der Waals surface area contributed by atoms with Gasteiger partial charge in [-0.05, 0) is 43.5 Å². The van der Waals surface area contributed by atoms with Gasteiger partial charge in [0.1, 0.15) is 11.1 Å². The molecule has 0 atom stereocenters. The number of nitrogen functional groups attached to an aromatic ring is 1. The van der Waals surface area contributed by atoms with Crippen LogP contribution >= 0.6 is 0 Å². The van der Waals surface area contributed by atoms with E-state index >= 15 is 0 Å². The maximum atomic E-state index is 5.93. The molecule has 0 aliphatic heterocycles. The second-order valence-electron chi connectivity index (χ2n) is 4.83. The van der Waals surface area contributed by atoms with E-state index < -0.39 is 0 Å². The fraction of sp³-hybridized carbons (Fsp3) is 0.214. The topological polar surface area (TPSA) is 89.7 Å². The van der Waals surface area contributed by atoms with Gasteiger partial charge in [0.05, 0.1) is 6.20 Å². The van der Waals surface area contributed by atoms with Gasteiger partial charge in [-0.3, -0.25) is 5.10 Å². The highest BCUT2D eigenvalue weighted by Gasteiger charge is 2.12. The minimum Gasteiger partial charge on any atom is -0.438 e. The Morgan fingerprint density at radius 1 is 1.15 bits per heavy atom. The fourth-order valence-electron chi connectivity index (χ4n) is 2.11. The lowest BCUT2D eigenvalue weighted by Crippen LogP contribution is -1.99. The predicted molar refractivity (Wildman–Crippen MR) is 76.8 cm³/mol. The van der Waals surface area contributed by atoms with E-state index in [1.807, 2.05) is 19.9 Å². The summed E-state index contributed by atoms with van der Waals surface area (Å²) in [4.78, 5) is 8.22. The zero-order valence-corrected chi connectivity index (χ0v) is 11.6. The van der Waals surface area contributed by atoms with Crippen molar-refractivity contribution in [3.05, 3.63) is 35.0 Å². The zero-order valence-electron chi connectivity index (χ0n) is 11.6. The third-order valence-corrected chi connectivity index (χ3v) is 3.26. The van der Waals surface area contributed by atoms with Crippen molar-refractivity contribution in [3.8, 4) is 11.6 Å². The van der Waals surface area contributed by atoms with Gasteiger partial charge in [-0.2, -0.15) is 15.1 Å². The molecule has 2 aromatic heterocycles. The van der Waals surface area contributed by atoms with Crippen LogP contribution in [0.4, 0.5) is 5.95 Å². The minimum absolute atomic E-state index is 0.152. The van der Waals surface area contributed by atoms with Crippen molar-refractivity contribution in [3.63, 3.8) is 0 Å². The number of H-pyrrole nitrogens is 1. The van der Waals surface area contributed by atoms with Crippen LogP contribution in [-0.2, 0) is 0 Å². The normalized spacial score (nSPS) is 10.9. The molecule has 6 nitrogen and oxygen atoms in total. The zero-order chi connectivity index (χ0) is 14.3. The van der Waals surface area contributed by atoms with Crippen LogP contribution in [0.5, 0.6) is 11.6 Å². The molecule has 1 aromatic carbocycles. The van der Waals surface area contributed by atoms with E-state index in [4.69, 9.17) is 10.5 Å². The Kier molecular flexibility index (Phi) is 2.78. The van der Waals surface area contributed by atoms with Crippen LogP contribution in [-0.4, -0.2) is 20.2 Å². The molecule has 102 valence electrons. The Balaban J connectivity index is 2.12. The average Bonchev–Trinajstić information content (AvgIpc) is 2.83. The predicted octanol–water partition coefficient (Wildman–Crippen LogP) is 2.65. The smallest absolute Gasteiger partial charge is 0.235 e. The van der Waals surface area contributed by atoms with Gasteiger partial charge in [0.2, 0.25) is 11.8 Å². The quantitative estimate of drug-likeness (QED) is 0.746. The number of hydrogen-bond donors (Lipinski definition) is 2. The number of aryl methyl sites for hydroxylation is 2. The monoisotopic (exact) mass is 269 g/mol. The van der Waals surface area contributed by atoms with E-state index in [0.29, 0.717) is 16.9 Å². The summed E-state index contributed by atoms with van der Waals surface area (Å²) in [6.45, 7) is 6.10. The van der Waals surface area contributed by atoms with Gasteiger partial charge in [-0.15, -0.1) is 0 Å². The highest BCUT2D eigenvalue weighted by atomic mass is 16.5. The summed E-state index contributed by atoms with van der Waals surface area (Å²) in [6.07, 6.45) is 1.63. The fourth-order valence-corrected chi connectivity index (χ4v) is 2.11. The van der Waals surface area contributed by atoms with Gasteiger partial charge >= 0.3 is 0 Å². The first-order chi connectivity index (χ1) is 9.54. The molecule has 0 bridgehead atoms. The van der Waals surface area contributed by atoms with Crippen LogP contribution in [0.1, 0.15) is 16.7 Å². The first kappa shape index (κ1) is 12.4. The third-order valence-electron chi connectivity index (χ3n) is 3.26. The first-order valence-corrected chi connectivity index (χ1v) is 6.27. The summed E-state index contributed by atoms with van der Waals surface area (Å²) in [7, 11) is 0. The van der Waals surface area contributed by atoms with Crippen LogP contribution in [0.25, 0.3) is 11.0 Å². The van der Waals surface area contributed by atoms with Gasteiger partial charge in [0.25, 0.3) is 0 Å². The number of hydrogen-bond acceptors (Lipinski definition) is 5. The molecule has 3 rings (SSSR count). The number of nitrogens with one attached hydrogen (secondary N) is 1. The molecule has 0 aliphatic rings. The van der Waals surface area contributed by atoms with Crippen molar-refractivity contribution in [1.29, 1.82) is 0 Å². The van der Waals surface area contributed by atoms with E-state index in [2.05, 4.69) is 33.2 Å². The largest absolute Gasteiger partial charge is 0.438 e. The molecule has 0 fully saturated rings. The number of rotatable bonds is 2. The van der Waals surface area contributed by atoms with E-state index in [0.717, 1.165) is 16.9 Å². The number of anilines is 1. The van der Waals surface area contributed by atoms with Crippen molar-refractivity contribution < 1.29 is 4.74 Å². The van der Waals surface area contributed by atoms with Gasteiger partial charge in [0.15, 0.2) is 5.65 Å². The molecule has 0 saturated carbocycles. The Bertz CT molecular complexity index is 794. The molecule has 0 aliphatic carbocycles. The van der Waals surface area contributed by atoms with Crippen LogP contribution in [0.2, 0.25) is 0 Å². The highest BCUT2D eigenvalue weighted by molar-refractivity contribution is 5.80.